The molecule has 2 heterocycles. The molecule has 3 aromatic rings. The number of ether oxygens (including phenoxy) is 1. The van der Waals surface area contributed by atoms with Crippen LogP contribution in [0, 0.1) is 6.92 Å². The fourth-order valence-electron chi connectivity index (χ4n) is 2.73. The Bertz CT molecular complexity index is 1170. The first-order valence-electron chi connectivity index (χ1n) is 8.73. The topological polar surface area (TPSA) is 90.3 Å². The zero-order valence-electron chi connectivity index (χ0n) is 15.7. The minimum Gasteiger partial charge on any atom is -0.452 e. The maximum absolute atomic E-state index is 12.7. The Kier molecular flexibility index (Phi) is 6.20. The summed E-state index contributed by atoms with van der Waals surface area (Å²) in [6.45, 7) is 3.63. The number of benzene rings is 1. The van der Waals surface area contributed by atoms with Crippen molar-refractivity contribution in [3.63, 3.8) is 0 Å². The van der Waals surface area contributed by atoms with Gasteiger partial charge in [0.1, 0.15) is 11.2 Å². The lowest BCUT2D eigenvalue weighted by Crippen LogP contribution is -2.25. The number of fused-ring (bicyclic) bond motifs is 1. The van der Waals surface area contributed by atoms with Crippen LogP contribution in [0.2, 0.25) is 10.0 Å². The zero-order chi connectivity index (χ0) is 21.1. The summed E-state index contributed by atoms with van der Waals surface area (Å²) in [6, 6.07) is 7.89. The summed E-state index contributed by atoms with van der Waals surface area (Å²) in [5, 5.41) is 3.48. The monoisotopic (exact) mass is 433 g/mol. The van der Waals surface area contributed by atoms with Crippen molar-refractivity contribution in [2.75, 3.05) is 11.9 Å². The van der Waals surface area contributed by atoms with Gasteiger partial charge in [0.15, 0.2) is 6.61 Å². The van der Waals surface area contributed by atoms with Crippen molar-refractivity contribution in [3.8, 4) is 0 Å². The van der Waals surface area contributed by atoms with Gasteiger partial charge in [-0.1, -0.05) is 23.2 Å². The van der Waals surface area contributed by atoms with Crippen LogP contribution in [-0.4, -0.2) is 28.0 Å². The Morgan fingerprint density at radius 3 is 2.62 bits per heavy atom. The number of anilines is 1. The predicted octanol–water partition coefficient (Wildman–Crippen LogP) is 3.83. The number of carbonyl (C=O) groups excluding carboxylic acids is 2. The second-order valence-electron chi connectivity index (χ2n) is 6.23. The van der Waals surface area contributed by atoms with E-state index in [2.05, 4.69) is 10.3 Å². The van der Waals surface area contributed by atoms with Gasteiger partial charge in [-0.3, -0.25) is 9.59 Å². The van der Waals surface area contributed by atoms with Crippen molar-refractivity contribution >= 4 is 51.8 Å². The second-order valence-corrected chi connectivity index (χ2v) is 7.05. The van der Waals surface area contributed by atoms with E-state index in [1.807, 2.05) is 13.8 Å². The van der Waals surface area contributed by atoms with Crippen molar-refractivity contribution < 1.29 is 14.3 Å². The number of aryl methyl sites for hydroxylation is 2. The van der Waals surface area contributed by atoms with Crippen molar-refractivity contribution in [1.82, 2.24) is 9.55 Å². The van der Waals surface area contributed by atoms with Gasteiger partial charge in [-0.25, -0.2) is 9.78 Å². The summed E-state index contributed by atoms with van der Waals surface area (Å²) in [7, 11) is 0. The number of carbonyl (C=O) groups is 2. The molecule has 29 heavy (non-hydrogen) atoms. The number of nitrogens with zero attached hydrogens (tertiary/aromatic N) is 2. The highest BCUT2D eigenvalue weighted by Crippen LogP contribution is 2.24. The molecule has 9 heteroatoms. The fraction of sp³-hybridized carbons (Fsp3) is 0.200. The maximum atomic E-state index is 12.7. The first-order valence-corrected chi connectivity index (χ1v) is 9.48. The normalized spacial score (nSPS) is 10.8. The molecule has 2 aromatic heterocycles. The van der Waals surface area contributed by atoms with E-state index in [9.17, 15) is 14.4 Å². The molecule has 0 atom stereocenters. The van der Waals surface area contributed by atoms with Crippen molar-refractivity contribution in [2.24, 2.45) is 0 Å². The van der Waals surface area contributed by atoms with E-state index in [0.29, 0.717) is 28.3 Å². The molecule has 1 N–H and O–H groups in total. The quantitative estimate of drug-likeness (QED) is 0.617. The van der Waals surface area contributed by atoms with Crippen LogP contribution in [-0.2, 0) is 16.1 Å². The average Bonchev–Trinajstić information content (AvgIpc) is 2.69. The van der Waals surface area contributed by atoms with Gasteiger partial charge in [0, 0.05) is 24.1 Å². The Morgan fingerprint density at radius 1 is 1.17 bits per heavy atom. The molecule has 1 amide bonds. The van der Waals surface area contributed by atoms with Crippen LogP contribution in [0.1, 0.15) is 23.0 Å². The summed E-state index contributed by atoms with van der Waals surface area (Å²) in [5.41, 5.74) is 1.00. The van der Waals surface area contributed by atoms with E-state index >= 15 is 0 Å². The first kappa shape index (κ1) is 20.8. The SMILES string of the molecule is CCn1cc(C(=O)OCC(=O)Nc2ccc(Cl)c(Cl)c2)c(=O)c2ccc(C)nc21. The molecule has 0 aliphatic carbocycles. The zero-order valence-corrected chi connectivity index (χ0v) is 17.2. The number of hydrogen-bond donors (Lipinski definition) is 1. The standard InChI is InChI=1S/C20H17Cl2N3O4/c1-3-25-9-14(18(27)13-6-4-11(2)23-19(13)25)20(28)29-10-17(26)24-12-5-7-15(21)16(22)8-12/h4-9H,3,10H2,1-2H3,(H,24,26). The van der Waals surface area contributed by atoms with Crippen LogP contribution < -0.4 is 10.7 Å². The minimum atomic E-state index is -0.885. The van der Waals surface area contributed by atoms with E-state index < -0.39 is 23.9 Å². The van der Waals surface area contributed by atoms with Crippen LogP contribution in [0.15, 0.2) is 41.3 Å². The summed E-state index contributed by atoms with van der Waals surface area (Å²) in [4.78, 5) is 41.5. The first-order chi connectivity index (χ1) is 13.8. The third-order valence-electron chi connectivity index (χ3n) is 4.16. The Morgan fingerprint density at radius 2 is 1.93 bits per heavy atom. The summed E-state index contributed by atoms with van der Waals surface area (Å²) in [5.74, 6) is -1.46. The van der Waals surface area contributed by atoms with Gasteiger partial charge < -0.3 is 14.6 Å². The molecule has 0 aliphatic rings. The number of pyridine rings is 2. The van der Waals surface area contributed by atoms with E-state index in [1.165, 1.54) is 18.3 Å². The van der Waals surface area contributed by atoms with E-state index in [-0.39, 0.29) is 10.6 Å². The molecule has 0 aliphatic heterocycles. The number of hydrogen-bond acceptors (Lipinski definition) is 5. The lowest BCUT2D eigenvalue weighted by Gasteiger charge is -2.11. The molecule has 0 bridgehead atoms. The smallest absolute Gasteiger partial charge is 0.344 e. The summed E-state index contributed by atoms with van der Waals surface area (Å²) in [6.07, 6.45) is 1.40. The molecule has 3 rings (SSSR count). The molecule has 0 saturated heterocycles. The van der Waals surface area contributed by atoms with Crippen molar-refractivity contribution in [2.45, 2.75) is 20.4 Å². The maximum Gasteiger partial charge on any atom is 0.344 e. The minimum absolute atomic E-state index is 0.160. The molecule has 150 valence electrons. The molecule has 0 unspecified atom stereocenters. The van der Waals surface area contributed by atoms with Crippen molar-refractivity contribution in [3.05, 3.63) is 68.1 Å². The number of halogens is 2. The number of esters is 1. The van der Waals surface area contributed by atoms with Crippen LogP contribution >= 0.6 is 23.2 Å². The Balaban J connectivity index is 1.76. The van der Waals surface area contributed by atoms with E-state index in [1.54, 1.807) is 22.8 Å². The van der Waals surface area contributed by atoms with Gasteiger partial charge >= 0.3 is 5.97 Å². The molecule has 7 nitrogen and oxygen atoms in total. The second kappa shape index (κ2) is 8.63. The summed E-state index contributed by atoms with van der Waals surface area (Å²) < 4.78 is 6.72. The van der Waals surface area contributed by atoms with E-state index in [0.717, 1.165) is 5.69 Å². The van der Waals surface area contributed by atoms with Gasteiger partial charge in [0.2, 0.25) is 5.43 Å². The average molecular weight is 434 g/mol. The molecule has 0 spiro atoms. The molecule has 0 radical (unpaired) electrons. The number of aromatic nitrogens is 2. The Hall–Kier alpha value is -2.90. The van der Waals surface area contributed by atoms with Gasteiger partial charge in [0.05, 0.1) is 15.4 Å². The third-order valence-corrected chi connectivity index (χ3v) is 4.90. The highest BCUT2D eigenvalue weighted by atomic mass is 35.5. The van der Waals surface area contributed by atoms with Crippen molar-refractivity contribution in [1.29, 1.82) is 0 Å². The third kappa shape index (κ3) is 4.58. The predicted molar refractivity (Wildman–Crippen MR) is 112 cm³/mol. The van der Waals surface area contributed by atoms with Gasteiger partial charge in [-0.15, -0.1) is 0 Å². The highest BCUT2D eigenvalue weighted by molar-refractivity contribution is 6.42. The highest BCUT2D eigenvalue weighted by Gasteiger charge is 2.18. The fourth-order valence-corrected chi connectivity index (χ4v) is 3.02. The van der Waals surface area contributed by atoms with Crippen LogP contribution in [0.4, 0.5) is 5.69 Å². The number of amides is 1. The lowest BCUT2D eigenvalue weighted by molar-refractivity contribution is -0.119. The number of nitrogens with one attached hydrogen (secondary N) is 1. The lowest BCUT2D eigenvalue weighted by atomic mass is 10.2. The van der Waals surface area contributed by atoms with Gasteiger partial charge in [0.25, 0.3) is 5.91 Å². The van der Waals surface area contributed by atoms with Gasteiger partial charge in [-0.05, 0) is 44.2 Å². The Labute approximate surface area is 176 Å². The summed E-state index contributed by atoms with van der Waals surface area (Å²) >= 11 is 11.7. The van der Waals surface area contributed by atoms with Crippen LogP contribution in [0.5, 0.6) is 0 Å². The van der Waals surface area contributed by atoms with E-state index in [4.69, 9.17) is 27.9 Å². The molecule has 1 aromatic carbocycles. The largest absolute Gasteiger partial charge is 0.452 e. The van der Waals surface area contributed by atoms with Crippen LogP contribution in [0.3, 0.4) is 0 Å². The van der Waals surface area contributed by atoms with Gasteiger partial charge in [-0.2, -0.15) is 0 Å². The molecule has 0 fully saturated rings. The molecular formula is C20H17Cl2N3O4. The molecule has 0 saturated carbocycles. The molecular weight excluding hydrogens is 417 g/mol. The number of rotatable bonds is 5. The van der Waals surface area contributed by atoms with Crippen LogP contribution in [0.25, 0.3) is 11.0 Å².